The Labute approximate surface area is 35.7 Å². The highest BCUT2D eigenvalue weighted by Gasteiger charge is 2.08. The van der Waals surface area contributed by atoms with Crippen molar-refractivity contribution in [3.05, 3.63) is 11.8 Å². The molecule has 0 aliphatic carbocycles. The molecule has 0 aliphatic rings. The molecule has 0 amide bonds. The third-order valence-corrected chi connectivity index (χ3v) is 0.425. The van der Waals surface area contributed by atoms with Crippen LogP contribution in [0.15, 0.2) is 6.08 Å². The second kappa shape index (κ2) is 2.87. The third-order valence-electron chi connectivity index (χ3n) is 0.142. The monoisotopic (exact) mass is 109 g/mol. The molecule has 4 heteroatoms. The van der Waals surface area contributed by atoms with E-state index < -0.39 is 15.9 Å². The lowest BCUT2D eigenvalue weighted by Gasteiger charge is -1.47. The van der Waals surface area contributed by atoms with Crippen LogP contribution in [0.3, 0.4) is 0 Å². The molecule has 0 N–H and O–H groups in total. The van der Waals surface area contributed by atoms with Gasteiger partial charge < -0.3 is 0 Å². The Hall–Kier alpha value is -0.343. The van der Waals surface area contributed by atoms with Crippen LogP contribution in [-0.4, -0.2) is 9.85 Å². The van der Waals surface area contributed by atoms with Crippen molar-refractivity contribution in [2.45, 2.75) is 0 Å². The first-order valence-electron chi connectivity index (χ1n) is 1.07. The summed E-state index contributed by atoms with van der Waals surface area (Å²) in [4.78, 5) is 0. The van der Waals surface area contributed by atoms with Gasteiger partial charge in [-0.05, 0) is 0 Å². The third kappa shape index (κ3) is 3.66. The summed E-state index contributed by atoms with van der Waals surface area (Å²) < 4.78 is 31.9. The molecule has 32 valence electrons. The van der Waals surface area contributed by atoms with E-state index >= 15 is 0 Å². The molecule has 0 spiro atoms. The molecule has 0 bridgehead atoms. The quantitative estimate of drug-likeness (QED) is 0.269. The molecule has 0 aromatic carbocycles. The largest absolute Gasteiger partial charge is 0.713 e. The van der Waals surface area contributed by atoms with Gasteiger partial charge in [0.15, 0.2) is 0 Å². The summed E-state index contributed by atoms with van der Waals surface area (Å²) >= 11 is 0. The predicted octanol–water partition coefficient (Wildman–Crippen LogP) is 1.12. The SMILES string of the molecule is F[Si][C+]=C(F)F. The standard InChI is InChI=1S/C2F3Si/c3-2(4)1-6-5/q+1. The number of hydrogen-bond donors (Lipinski definition) is 0. The summed E-state index contributed by atoms with van der Waals surface area (Å²) in [5, 5.41) is 0. The zero-order chi connectivity index (χ0) is 4.99. The Morgan fingerprint density at radius 3 is 2.00 bits per heavy atom. The molecule has 6 heavy (non-hydrogen) atoms. The van der Waals surface area contributed by atoms with E-state index in [2.05, 4.69) is 0 Å². The van der Waals surface area contributed by atoms with E-state index in [1.807, 2.05) is 0 Å². The van der Waals surface area contributed by atoms with E-state index in [4.69, 9.17) is 0 Å². The average Bonchev–Trinajstić information content (AvgIpc) is 1.35. The molecule has 0 heterocycles. The first kappa shape index (κ1) is 5.66. The van der Waals surface area contributed by atoms with Crippen LogP contribution < -0.4 is 0 Å². The van der Waals surface area contributed by atoms with Crippen molar-refractivity contribution in [3.8, 4) is 0 Å². The maximum absolute atomic E-state index is 10.7. The first-order valence-corrected chi connectivity index (χ1v) is 1.94. The summed E-state index contributed by atoms with van der Waals surface area (Å²) in [6, 6.07) is 0. The lowest BCUT2D eigenvalue weighted by molar-refractivity contribution is 0.419. The molecule has 0 saturated carbocycles. The average molecular weight is 109 g/mol. The smallest absolute Gasteiger partial charge is 0.238 e. The minimum Gasteiger partial charge on any atom is -0.238 e. The molecule has 0 aliphatic heterocycles. The van der Waals surface area contributed by atoms with Crippen molar-refractivity contribution in [2.75, 3.05) is 0 Å². The molecular formula is C2F3Si+. The van der Waals surface area contributed by atoms with Crippen molar-refractivity contribution < 1.29 is 12.9 Å². The Bertz CT molecular complexity index is 55.8. The van der Waals surface area contributed by atoms with E-state index in [0.717, 1.165) is 5.70 Å². The van der Waals surface area contributed by atoms with Gasteiger partial charge in [-0.1, -0.05) is 0 Å². The summed E-state index contributed by atoms with van der Waals surface area (Å²) in [7, 11) is -1.40. The van der Waals surface area contributed by atoms with Gasteiger partial charge in [0.2, 0.25) is 0 Å². The Morgan fingerprint density at radius 1 is 1.50 bits per heavy atom. The second-order valence-electron chi connectivity index (χ2n) is 0.480. The second-order valence-corrected chi connectivity index (χ2v) is 0.919. The van der Waals surface area contributed by atoms with Gasteiger partial charge in [-0.25, -0.2) is 4.11 Å². The lowest BCUT2D eigenvalue weighted by Crippen LogP contribution is -1.68. The van der Waals surface area contributed by atoms with Crippen molar-refractivity contribution in [3.63, 3.8) is 0 Å². The van der Waals surface area contributed by atoms with Crippen LogP contribution in [0.5, 0.6) is 0 Å². The highest BCUT2D eigenvalue weighted by Crippen LogP contribution is 1.91. The van der Waals surface area contributed by atoms with E-state index in [1.54, 1.807) is 0 Å². The van der Waals surface area contributed by atoms with Crippen molar-refractivity contribution >= 4 is 9.85 Å². The van der Waals surface area contributed by atoms with Gasteiger partial charge in [0, 0.05) is 0 Å². The van der Waals surface area contributed by atoms with Crippen molar-refractivity contribution in [1.82, 2.24) is 0 Å². The van der Waals surface area contributed by atoms with Gasteiger partial charge in [0.1, 0.15) is 0 Å². The van der Waals surface area contributed by atoms with Gasteiger partial charge in [0.05, 0.1) is 0 Å². The maximum Gasteiger partial charge on any atom is 0.713 e. The fourth-order valence-electron chi connectivity index (χ4n) is 0.0357. The lowest BCUT2D eigenvalue weighted by atomic mass is 11.1. The molecule has 0 rings (SSSR count). The summed E-state index contributed by atoms with van der Waals surface area (Å²) in [6.45, 7) is 0. The van der Waals surface area contributed by atoms with E-state index in [0.29, 0.717) is 0 Å². The van der Waals surface area contributed by atoms with Crippen LogP contribution in [0, 0.1) is 5.70 Å². The van der Waals surface area contributed by atoms with Crippen molar-refractivity contribution in [2.24, 2.45) is 0 Å². The normalized spacial score (nSPS) is 7.17. The molecule has 0 fully saturated rings. The topological polar surface area (TPSA) is 0 Å². The van der Waals surface area contributed by atoms with Crippen LogP contribution >= 0.6 is 0 Å². The van der Waals surface area contributed by atoms with E-state index in [-0.39, 0.29) is 0 Å². The molecule has 0 aromatic heterocycles. The fraction of sp³-hybridized carbons (Fsp3) is 0. The Kier molecular flexibility index (Phi) is 2.71. The molecule has 2 radical (unpaired) electrons. The predicted molar refractivity (Wildman–Crippen MR) is 15.8 cm³/mol. The minimum atomic E-state index is -2.07. The van der Waals surface area contributed by atoms with E-state index in [9.17, 15) is 12.9 Å². The van der Waals surface area contributed by atoms with Gasteiger partial charge in [0.25, 0.3) is 5.70 Å². The van der Waals surface area contributed by atoms with Crippen LogP contribution in [-0.2, 0) is 0 Å². The Morgan fingerprint density at radius 2 is 2.00 bits per heavy atom. The van der Waals surface area contributed by atoms with Crippen LogP contribution in [0.1, 0.15) is 0 Å². The van der Waals surface area contributed by atoms with Gasteiger partial charge >= 0.3 is 15.9 Å². The summed E-state index contributed by atoms with van der Waals surface area (Å²) in [5.41, 5.74) is 1.15. The molecule has 0 aromatic rings. The number of rotatable bonds is 1. The van der Waals surface area contributed by atoms with Crippen LogP contribution in [0.25, 0.3) is 0 Å². The zero-order valence-electron chi connectivity index (χ0n) is 2.63. The van der Waals surface area contributed by atoms with Crippen molar-refractivity contribution in [1.29, 1.82) is 0 Å². The number of hydrogen-bond acceptors (Lipinski definition) is 0. The minimum absolute atomic E-state index is 1.15. The zero-order valence-corrected chi connectivity index (χ0v) is 3.63. The van der Waals surface area contributed by atoms with Gasteiger partial charge in [-0.2, -0.15) is 0 Å². The van der Waals surface area contributed by atoms with Gasteiger partial charge in [-0.15, -0.1) is 8.78 Å². The maximum atomic E-state index is 10.7. The summed E-state index contributed by atoms with van der Waals surface area (Å²) in [5.74, 6) is 0. The fourth-order valence-corrected chi connectivity index (χ4v) is 0.107. The molecule has 0 nitrogen and oxygen atoms in total. The summed E-state index contributed by atoms with van der Waals surface area (Å²) in [6.07, 6.45) is -2.07. The highest BCUT2D eigenvalue weighted by molar-refractivity contribution is 6.30. The molecular weight excluding hydrogens is 109 g/mol. The molecule has 0 unspecified atom stereocenters. The molecule has 0 atom stereocenters. The van der Waals surface area contributed by atoms with Crippen LogP contribution in [0.4, 0.5) is 12.9 Å². The van der Waals surface area contributed by atoms with E-state index in [1.165, 1.54) is 0 Å². The molecule has 0 saturated heterocycles. The first-order chi connectivity index (χ1) is 2.77. The number of halogens is 3. The van der Waals surface area contributed by atoms with Crippen LogP contribution in [0.2, 0.25) is 0 Å². The highest BCUT2D eigenvalue weighted by atomic mass is 28.3. The Balaban J connectivity index is 3.14. The van der Waals surface area contributed by atoms with Gasteiger partial charge in [-0.3, -0.25) is 0 Å².